The second-order valence-electron chi connectivity index (χ2n) is 5.85. The van der Waals surface area contributed by atoms with Crippen LogP contribution >= 0.6 is 11.8 Å². The number of amides is 1. The largest absolute Gasteiger partial charge is 0.349 e. The fourth-order valence-corrected chi connectivity index (χ4v) is 3.41. The number of rotatable bonds is 7. The molecule has 0 aliphatic heterocycles. The second kappa shape index (κ2) is 7.17. The molecule has 1 N–H and O–H groups in total. The molecule has 3 rings (SSSR count). The van der Waals surface area contributed by atoms with Gasteiger partial charge in [0.1, 0.15) is 5.82 Å². The molecule has 122 valence electrons. The van der Waals surface area contributed by atoms with Gasteiger partial charge in [-0.2, -0.15) is 0 Å². The first-order valence-electron chi connectivity index (χ1n) is 8.09. The summed E-state index contributed by atoms with van der Waals surface area (Å²) in [5.74, 6) is 2.03. The minimum atomic E-state index is 0.00960. The molecule has 23 heavy (non-hydrogen) atoms. The standard InChI is InChI=1S/C17H22N4OS/c1-3-21-16(14-9-10-14)19-20-17(21)23-11-15(22)18-12(2)13-7-5-4-6-8-13/h4-8,12,14H,3,9-11H2,1-2H3,(H,18,22)/t12-/m0/s1. The van der Waals surface area contributed by atoms with Crippen LogP contribution in [-0.4, -0.2) is 26.4 Å². The van der Waals surface area contributed by atoms with E-state index in [0.29, 0.717) is 11.7 Å². The van der Waals surface area contributed by atoms with Crippen LogP contribution in [0.3, 0.4) is 0 Å². The molecule has 1 amide bonds. The van der Waals surface area contributed by atoms with Crippen LogP contribution in [-0.2, 0) is 11.3 Å². The maximum absolute atomic E-state index is 12.2. The van der Waals surface area contributed by atoms with E-state index >= 15 is 0 Å². The molecule has 0 radical (unpaired) electrons. The molecule has 1 aliphatic rings. The van der Waals surface area contributed by atoms with Crippen LogP contribution in [0.15, 0.2) is 35.5 Å². The van der Waals surface area contributed by atoms with Gasteiger partial charge in [-0.15, -0.1) is 10.2 Å². The van der Waals surface area contributed by atoms with Crippen molar-refractivity contribution in [3.63, 3.8) is 0 Å². The Hall–Kier alpha value is -1.82. The lowest BCUT2D eigenvalue weighted by Gasteiger charge is -2.14. The number of benzene rings is 1. The van der Waals surface area contributed by atoms with Crippen molar-refractivity contribution in [1.82, 2.24) is 20.1 Å². The van der Waals surface area contributed by atoms with E-state index in [1.54, 1.807) is 0 Å². The molecule has 0 saturated heterocycles. The summed E-state index contributed by atoms with van der Waals surface area (Å²) in [5.41, 5.74) is 1.11. The predicted molar refractivity (Wildman–Crippen MR) is 91.4 cm³/mol. The zero-order chi connectivity index (χ0) is 16.2. The van der Waals surface area contributed by atoms with Crippen molar-refractivity contribution < 1.29 is 4.79 Å². The Morgan fingerprint density at radius 1 is 1.35 bits per heavy atom. The Kier molecular flexibility index (Phi) is 5.00. The number of thioether (sulfide) groups is 1. The zero-order valence-electron chi connectivity index (χ0n) is 13.5. The molecule has 1 fully saturated rings. The van der Waals surface area contributed by atoms with Gasteiger partial charge in [0.25, 0.3) is 0 Å². The Morgan fingerprint density at radius 2 is 2.09 bits per heavy atom. The lowest BCUT2D eigenvalue weighted by Crippen LogP contribution is -2.28. The van der Waals surface area contributed by atoms with Crippen molar-refractivity contribution in [2.75, 3.05) is 5.75 Å². The summed E-state index contributed by atoms with van der Waals surface area (Å²) in [6.07, 6.45) is 2.41. The minimum absolute atomic E-state index is 0.00960. The summed E-state index contributed by atoms with van der Waals surface area (Å²) < 4.78 is 2.14. The molecule has 2 aromatic rings. The topological polar surface area (TPSA) is 59.8 Å². The first-order valence-corrected chi connectivity index (χ1v) is 9.07. The maximum Gasteiger partial charge on any atom is 0.230 e. The van der Waals surface area contributed by atoms with Gasteiger partial charge in [-0.1, -0.05) is 42.1 Å². The molecule has 1 aromatic carbocycles. The van der Waals surface area contributed by atoms with Crippen molar-refractivity contribution in [2.45, 2.75) is 50.4 Å². The molecule has 6 heteroatoms. The number of aromatic nitrogens is 3. The molecule has 1 aromatic heterocycles. The van der Waals surface area contributed by atoms with Crippen LogP contribution < -0.4 is 5.32 Å². The van der Waals surface area contributed by atoms with Crippen LogP contribution in [0, 0.1) is 0 Å². The second-order valence-corrected chi connectivity index (χ2v) is 6.79. The molecule has 0 unspecified atom stereocenters. The molecule has 5 nitrogen and oxygen atoms in total. The van der Waals surface area contributed by atoms with E-state index in [0.717, 1.165) is 23.1 Å². The van der Waals surface area contributed by atoms with Crippen molar-refractivity contribution in [3.8, 4) is 0 Å². The van der Waals surface area contributed by atoms with Crippen LogP contribution in [0.5, 0.6) is 0 Å². The van der Waals surface area contributed by atoms with Crippen molar-refractivity contribution in [1.29, 1.82) is 0 Å². The van der Waals surface area contributed by atoms with E-state index in [1.807, 2.05) is 37.3 Å². The van der Waals surface area contributed by atoms with Gasteiger partial charge in [-0.05, 0) is 32.3 Å². The third-order valence-electron chi connectivity index (χ3n) is 4.01. The molecule has 1 heterocycles. The number of carbonyl (C=O) groups is 1. The number of hydrogen-bond acceptors (Lipinski definition) is 4. The van der Waals surface area contributed by atoms with Crippen LogP contribution in [0.2, 0.25) is 0 Å². The van der Waals surface area contributed by atoms with Crippen LogP contribution in [0.4, 0.5) is 0 Å². The maximum atomic E-state index is 12.2. The van der Waals surface area contributed by atoms with Crippen molar-refractivity contribution in [2.24, 2.45) is 0 Å². The molecule has 1 saturated carbocycles. The van der Waals surface area contributed by atoms with Crippen molar-refractivity contribution >= 4 is 17.7 Å². The lowest BCUT2D eigenvalue weighted by molar-refractivity contribution is -0.119. The molecule has 1 aliphatic carbocycles. The van der Waals surface area contributed by atoms with E-state index in [2.05, 4.69) is 27.0 Å². The number of nitrogens with one attached hydrogen (secondary N) is 1. The number of carbonyl (C=O) groups excluding carboxylic acids is 1. The van der Waals surface area contributed by atoms with Gasteiger partial charge < -0.3 is 9.88 Å². The highest BCUT2D eigenvalue weighted by Gasteiger charge is 2.30. The molecular weight excluding hydrogens is 308 g/mol. The van der Waals surface area contributed by atoms with Gasteiger partial charge in [-0.3, -0.25) is 4.79 Å². The minimum Gasteiger partial charge on any atom is -0.349 e. The number of nitrogens with zero attached hydrogens (tertiary/aromatic N) is 3. The summed E-state index contributed by atoms with van der Waals surface area (Å²) in [4.78, 5) is 12.2. The SMILES string of the molecule is CCn1c(SCC(=O)N[C@@H](C)c2ccccc2)nnc1C1CC1. The average molecular weight is 330 g/mol. The smallest absolute Gasteiger partial charge is 0.230 e. The van der Waals surface area contributed by atoms with Crippen molar-refractivity contribution in [3.05, 3.63) is 41.7 Å². The van der Waals surface area contributed by atoms with E-state index in [1.165, 1.54) is 24.6 Å². The van der Waals surface area contributed by atoms with E-state index < -0.39 is 0 Å². The Balaban J connectivity index is 1.55. The Morgan fingerprint density at radius 3 is 2.74 bits per heavy atom. The summed E-state index contributed by atoms with van der Waals surface area (Å²) in [6.45, 7) is 4.94. The summed E-state index contributed by atoms with van der Waals surface area (Å²) in [6, 6.07) is 9.99. The highest BCUT2D eigenvalue weighted by atomic mass is 32.2. The van der Waals surface area contributed by atoms with Crippen LogP contribution in [0.25, 0.3) is 0 Å². The summed E-state index contributed by atoms with van der Waals surface area (Å²) >= 11 is 1.46. The normalized spacial score (nSPS) is 15.4. The number of hydrogen-bond donors (Lipinski definition) is 1. The first kappa shape index (κ1) is 16.1. The zero-order valence-corrected chi connectivity index (χ0v) is 14.3. The van der Waals surface area contributed by atoms with Gasteiger partial charge >= 0.3 is 0 Å². The first-order chi connectivity index (χ1) is 11.2. The van der Waals surface area contributed by atoms with E-state index in [-0.39, 0.29) is 11.9 Å². The molecule has 0 bridgehead atoms. The summed E-state index contributed by atoms with van der Waals surface area (Å²) in [5, 5.41) is 12.4. The molecule has 1 atom stereocenters. The van der Waals surface area contributed by atoms with Gasteiger partial charge in [0.05, 0.1) is 11.8 Å². The van der Waals surface area contributed by atoms with Gasteiger partial charge in [0.2, 0.25) is 5.91 Å². The van der Waals surface area contributed by atoms with E-state index in [9.17, 15) is 4.79 Å². The van der Waals surface area contributed by atoms with Crippen LogP contribution in [0.1, 0.15) is 50.0 Å². The average Bonchev–Trinajstić information content (AvgIpc) is 3.33. The monoisotopic (exact) mass is 330 g/mol. The third kappa shape index (κ3) is 3.93. The Bertz CT molecular complexity index is 666. The third-order valence-corrected chi connectivity index (χ3v) is 4.98. The molecular formula is C17H22N4OS. The lowest BCUT2D eigenvalue weighted by atomic mass is 10.1. The van der Waals surface area contributed by atoms with Gasteiger partial charge in [0, 0.05) is 12.5 Å². The predicted octanol–water partition coefficient (Wildman–Crippen LogP) is 3.14. The summed E-state index contributed by atoms with van der Waals surface area (Å²) in [7, 11) is 0. The molecule has 0 spiro atoms. The quantitative estimate of drug-likeness (QED) is 0.792. The fourth-order valence-electron chi connectivity index (χ4n) is 2.59. The highest BCUT2D eigenvalue weighted by molar-refractivity contribution is 7.99. The van der Waals surface area contributed by atoms with Gasteiger partial charge in [-0.25, -0.2) is 0 Å². The van der Waals surface area contributed by atoms with E-state index in [4.69, 9.17) is 0 Å². The van der Waals surface area contributed by atoms with Gasteiger partial charge in [0.15, 0.2) is 5.16 Å². The highest BCUT2D eigenvalue weighted by Crippen LogP contribution is 2.39. The Labute approximate surface area is 140 Å². The fraction of sp³-hybridized carbons (Fsp3) is 0.471.